The molecule has 2 aliphatic rings. The van der Waals surface area contributed by atoms with Crippen LogP contribution >= 0.6 is 0 Å². The maximum Gasteiger partial charge on any atom is 0.253 e. The number of fused-ring (bicyclic) bond motifs is 1. The first-order valence-corrected chi connectivity index (χ1v) is 15.3. The lowest BCUT2D eigenvalue weighted by Gasteiger charge is -2.29. The first-order valence-electron chi connectivity index (χ1n) is 15.3. The molecule has 0 radical (unpaired) electrons. The van der Waals surface area contributed by atoms with Crippen LogP contribution in [0.15, 0.2) is 72.8 Å². The molecular formula is C35H49NO4. The van der Waals surface area contributed by atoms with Crippen molar-refractivity contribution in [1.29, 1.82) is 0 Å². The predicted molar refractivity (Wildman–Crippen MR) is 162 cm³/mol. The molecule has 0 aromatic heterocycles. The molecule has 1 amide bonds. The lowest BCUT2D eigenvalue weighted by molar-refractivity contribution is -0.123. The summed E-state index contributed by atoms with van der Waals surface area (Å²) < 4.78 is 5.93. The zero-order valence-corrected chi connectivity index (χ0v) is 24.6. The number of hydrogen-bond acceptors (Lipinski definition) is 4. The van der Waals surface area contributed by atoms with Crippen LogP contribution in [0.2, 0.25) is 0 Å². The molecule has 0 spiro atoms. The first-order chi connectivity index (χ1) is 19.3. The highest BCUT2D eigenvalue weighted by atomic mass is 16.5. The summed E-state index contributed by atoms with van der Waals surface area (Å²) >= 11 is 0. The Balaban J connectivity index is 1.25. The quantitative estimate of drug-likeness (QED) is 0.202. The topological polar surface area (TPSA) is 70.0 Å². The molecule has 2 N–H and O–H groups in total. The van der Waals surface area contributed by atoms with E-state index in [0.717, 1.165) is 56.2 Å². The largest absolute Gasteiger partial charge is 0.392 e. The first kappa shape index (κ1) is 30.5. The van der Waals surface area contributed by atoms with Crippen LogP contribution in [0.1, 0.15) is 71.3 Å². The maximum atomic E-state index is 13.2. The van der Waals surface area contributed by atoms with E-state index in [1.54, 1.807) is 4.90 Å². The van der Waals surface area contributed by atoms with Crippen molar-refractivity contribution in [2.75, 3.05) is 18.1 Å². The molecule has 2 fully saturated rings. The van der Waals surface area contributed by atoms with Crippen molar-refractivity contribution in [3.63, 3.8) is 0 Å². The van der Waals surface area contributed by atoms with E-state index in [1.807, 2.05) is 66.7 Å². The van der Waals surface area contributed by atoms with Gasteiger partial charge in [-0.1, -0.05) is 94.3 Å². The molecular weight excluding hydrogens is 498 g/mol. The number of benzene rings is 2. The minimum absolute atomic E-state index is 0.0351. The number of unbranched alkanes of at least 4 members (excludes halogenated alkanes) is 1. The van der Waals surface area contributed by atoms with Crippen LogP contribution < -0.4 is 4.90 Å². The van der Waals surface area contributed by atoms with E-state index in [-0.39, 0.29) is 30.0 Å². The van der Waals surface area contributed by atoms with Crippen molar-refractivity contribution < 1.29 is 19.7 Å². The molecule has 2 aromatic rings. The fraction of sp³-hybridized carbons (Fsp3) is 0.571. The van der Waals surface area contributed by atoms with Crippen molar-refractivity contribution in [2.24, 2.45) is 29.1 Å². The van der Waals surface area contributed by atoms with Gasteiger partial charge in [-0.05, 0) is 73.0 Å². The van der Waals surface area contributed by atoms with Gasteiger partial charge >= 0.3 is 0 Å². The van der Waals surface area contributed by atoms with Crippen molar-refractivity contribution in [3.8, 4) is 0 Å². The standard InChI is InChI=1S/C35H49NO4/c1-4-5-19-35(2,3)33(38)17-16-30-31-22-27(21-28(31)23-32(30)37)18-20-40-25-34(39)36(29-14-10-7-11-15-29)24-26-12-8-6-9-13-26/h6-17,27-28,30-33,37-38H,4-5,18-25H2,1-3H3/t27?,28-,30+,31+,32+,33?/m0/s1. The second-order valence-electron chi connectivity index (χ2n) is 12.7. The summed E-state index contributed by atoms with van der Waals surface area (Å²) in [5.74, 6) is 1.62. The SMILES string of the molecule is CCCCC(C)(C)C(O)C=C[C@@H]1[C@@H]2CC(CCOCC(=O)N(Cc3ccccc3)c3ccccc3)C[C@H]2C[C@H]1O. The summed E-state index contributed by atoms with van der Waals surface area (Å²) in [7, 11) is 0. The third kappa shape index (κ3) is 8.05. The number of ether oxygens (including phenoxy) is 1. The Morgan fingerprint density at radius 3 is 2.48 bits per heavy atom. The molecule has 2 saturated carbocycles. The number of carbonyl (C=O) groups excluding carboxylic acids is 1. The molecule has 6 atom stereocenters. The minimum Gasteiger partial charge on any atom is -0.392 e. The molecule has 5 heteroatoms. The van der Waals surface area contributed by atoms with E-state index >= 15 is 0 Å². The Morgan fingerprint density at radius 2 is 1.77 bits per heavy atom. The van der Waals surface area contributed by atoms with E-state index < -0.39 is 6.10 Å². The van der Waals surface area contributed by atoms with Gasteiger partial charge in [0, 0.05) is 18.2 Å². The molecule has 2 unspecified atom stereocenters. The van der Waals surface area contributed by atoms with Crippen molar-refractivity contribution in [3.05, 3.63) is 78.4 Å². The normalized spacial score (nSPS) is 25.3. The highest BCUT2D eigenvalue weighted by Gasteiger charge is 2.46. The van der Waals surface area contributed by atoms with Gasteiger partial charge in [0.05, 0.1) is 18.8 Å². The number of amides is 1. The Bertz CT molecular complexity index is 1070. The van der Waals surface area contributed by atoms with Gasteiger partial charge in [-0.2, -0.15) is 0 Å². The summed E-state index contributed by atoms with van der Waals surface area (Å²) in [6, 6.07) is 19.8. The second kappa shape index (κ2) is 14.4. The zero-order chi connectivity index (χ0) is 28.5. The number of nitrogens with zero attached hydrogens (tertiary/aromatic N) is 1. The van der Waals surface area contributed by atoms with Crippen LogP contribution in [0.4, 0.5) is 5.69 Å². The molecule has 2 aromatic carbocycles. The van der Waals surface area contributed by atoms with Crippen molar-refractivity contribution in [2.45, 2.75) is 84.5 Å². The van der Waals surface area contributed by atoms with E-state index in [0.29, 0.717) is 30.9 Å². The predicted octanol–water partition coefficient (Wildman–Crippen LogP) is 6.78. The lowest BCUT2D eigenvalue weighted by atomic mass is 9.80. The van der Waals surface area contributed by atoms with Crippen molar-refractivity contribution in [1.82, 2.24) is 0 Å². The van der Waals surface area contributed by atoms with Gasteiger partial charge in [-0.3, -0.25) is 4.79 Å². The third-order valence-electron chi connectivity index (χ3n) is 9.27. The van der Waals surface area contributed by atoms with Crippen molar-refractivity contribution >= 4 is 11.6 Å². The van der Waals surface area contributed by atoms with E-state index in [2.05, 4.69) is 26.8 Å². The molecule has 5 nitrogen and oxygen atoms in total. The number of rotatable bonds is 14. The molecule has 0 saturated heterocycles. The monoisotopic (exact) mass is 547 g/mol. The van der Waals surface area contributed by atoms with Crippen LogP contribution in [-0.4, -0.2) is 41.5 Å². The molecule has 2 aliphatic carbocycles. The van der Waals surface area contributed by atoms with Gasteiger partial charge in [-0.15, -0.1) is 0 Å². The summed E-state index contributed by atoms with van der Waals surface area (Å²) in [5, 5.41) is 21.6. The average molecular weight is 548 g/mol. The van der Waals surface area contributed by atoms with Crippen LogP contribution in [0.5, 0.6) is 0 Å². The van der Waals surface area contributed by atoms with E-state index in [1.165, 1.54) is 0 Å². The number of hydrogen-bond donors (Lipinski definition) is 2. The fourth-order valence-corrected chi connectivity index (χ4v) is 6.74. The maximum absolute atomic E-state index is 13.2. The van der Waals surface area contributed by atoms with E-state index in [4.69, 9.17) is 4.74 Å². The number of aliphatic hydroxyl groups excluding tert-OH is 2. The van der Waals surface area contributed by atoms with Gasteiger partial charge in [0.2, 0.25) is 0 Å². The molecule has 4 rings (SSSR count). The highest BCUT2D eigenvalue weighted by molar-refractivity contribution is 5.94. The second-order valence-corrected chi connectivity index (χ2v) is 12.7. The average Bonchev–Trinajstić information content (AvgIpc) is 3.48. The minimum atomic E-state index is -0.495. The Labute approximate surface area is 241 Å². The molecule has 40 heavy (non-hydrogen) atoms. The number of carbonyl (C=O) groups is 1. The molecule has 0 aliphatic heterocycles. The Hall–Kier alpha value is -2.47. The Kier molecular flexibility index (Phi) is 11.0. The molecule has 218 valence electrons. The van der Waals surface area contributed by atoms with Crippen LogP contribution in [0.25, 0.3) is 0 Å². The Morgan fingerprint density at radius 1 is 1.07 bits per heavy atom. The van der Waals surface area contributed by atoms with Crippen LogP contribution in [0.3, 0.4) is 0 Å². The highest BCUT2D eigenvalue weighted by Crippen LogP contribution is 2.51. The van der Waals surface area contributed by atoms with Crippen LogP contribution in [-0.2, 0) is 16.1 Å². The fourth-order valence-electron chi connectivity index (χ4n) is 6.74. The summed E-state index contributed by atoms with van der Waals surface area (Å²) in [6.45, 7) is 7.58. The van der Waals surface area contributed by atoms with E-state index in [9.17, 15) is 15.0 Å². The number of aliphatic hydroxyl groups is 2. The van der Waals surface area contributed by atoms with Gasteiger partial charge in [0.25, 0.3) is 5.91 Å². The lowest BCUT2D eigenvalue weighted by Crippen LogP contribution is -2.33. The van der Waals surface area contributed by atoms with Gasteiger partial charge in [-0.25, -0.2) is 0 Å². The smallest absolute Gasteiger partial charge is 0.253 e. The zero-order valence-electron chi connectivity index (χ0n) is 24.6. The van der Waals surface area contributed by atoms with Crippen LogP contribution in [0, 0.1) is 29.1 Å². The number of anilines is 1. The number of para-hydroxylation sites is 1. The van der Waals surface area contributed by atoms with Gasteiger partial charge in [0.1, 0.15) is 6.61 Å². The summed E-state index contributed by atoms with van der Waals surface area (Å²) in [4.78, 5) is 15.0. The third-order valence-corrected chi connectivity index (χ3v) is 9.27. The molecule has 0 bridgehead atoms. The summed E-state index contributed by atoms with van der Waals surface area (Å²) in [6.07, 6.45) is 10.4. The van der Waals surface area contributed by atoms with Gasteiger partial charge < -0.3 is 19.8 Å². The van der Waals surface area contributed by atoms with Gasteiger partial charge in [0.15, 0.2) is 0 Å². The molecule has 0 heterocycles. The summed E-state index contributed by atoms with van der Waals surface area (Å²) in [5.41, 5.74) is 1.81.